The number of nitrogens with zero attached hydrogens (tertiary/aromatic N) is 2. The first-order chi connectivity index (χ1) is 12.8. The van der Waals surface area contributed by atoms with Gasteiger partial charge in [0.1, 0.15) is 0 Å². The topological polar surface area (TPSA) is 24.7 Å². The van der Waals surface area contributed by atoms with Gasteiger partial charge in [-0.05, 0) is 48.2 Å². The van der Waals surface area contributed by atoms with Crippen LogP contribution in [0.4, 0.5) is 11.4 Å². The van der Waals surface area contributed by atoms with Crippen molar-refractivity contribution in [1.29, 1.82) is 0 Å². The second-order valence-corrected chi connectivity index (χ2v) is 7.90. The molecule has 0 bridgehead atoms. The molecule has 26 heavy (non-hydrogen) atoms. The Morgan fingerprint density at radius 3 is 2.00 bits per heavy atom. The predicted molar refractivity (Wildman–Crippen MR) is 115 cm³/mol. The van der Waals surface area contributed by atoms with Gasteiger partial charge in [0, 0.05) is 16.2 Å². The maximum atomic E-state index is 4.90. The molecule has 4 heteroatoms. The summed E-state index contributed by atoms with van der Waals surface area (Å²) in [6.45, 7) is 0. The van der Waals surface area contributed by atoms with Crippen LogP contribution in [0.15, 0.2) is 98.6 Å². The summed E-state index contributed by atoms with van der Waals surface area (Å²) in [4.78, 5) is 12.1. The van der Waals surface area contributed by atoms with Crippen molar-refractivity contribution in [3.05, 3.63) is 84.4 Å². The van der Waals surface area contributed by atoms with Crippen molar-refractivity contribution in [1.82, 2.24) is 0 Å². The molecule has 3 aromatic carbocycles. The van der Waals surface area contributed by atoms with Crippen LogP contribution in [-0.4, -0.2) is 17.0 Å². The van der Waals surface area contributed by atoms with Crippen LogP contribution in [0.5, 0.6) is 0 Å². The molecule has 0 N–H and O–H groups in total. The molecule has 0 saturated heterocycles. The number of fused-ring (bicyclic) bond motifs is 1. The molecule has 0 aliphatic carbocycles. The fourth-order valence-corrected chi connectivity index (χ4v) is 4.09. The Morgan fingerprint density at radius 1 is 0.692 bits per heavy atom. The van der Waals surface area contributed by atoms with E-state index in [1.807, 2.05) is 30.3 Å². The van der Waals surface area contributed by atoms with E-state index in [1.54, 1.807) is 23.5 Å². The van der Waals surface area contributed by atoms with Crippen LogP contribution in [0.2, 0.25) is 0 Å². The van der Waals surface area contributed by atoms with Gasteiger partial charge in [0.25, 0.3) is 0 Å². The van der Waals surface area contributed by atoms with E-state index in [1.165, 1.54) is 9.79 Å². The van der Waals surface area contributed by atoms with Crippen LogP contribution in [0.25, 0.3) is 0 Å². The molecule has 0 radical (unpaired) electrons. The van der Waals surface area contributed by atoms with E-state index in [9.17, 15) is 0 Å². The second-order valence-electron chi connectivity index (χ2n) is 5.87. The molecule has 0 unspecified atom stereocenters. The average Bonchev–Trinajstić information content (AvgIpc) is 2.88. The number of hydrogen-bond acceptors (Lipinski definition) is 4. The smallest absolute Gasteiger partial charge is 0.0896 e. The first-order valence-corrected chi connectivity index (χ1v) is 10.5. The SMILES string of the molecule is CSC1=Nc2ccccc2N=C(c2ccc(Sc3ccccc3)cc2)C1. The maximum Gasteiger partial charge on any atom is 0.0896 e. The molecule has 1 heterocycles. The molecule has 4 rings (SSSR count). The number of rotatable bonds is 3. The standard InChI is InChI=1S/C22H18N2S2/c1-25-22-15-21(23-19-9-5-6-10-20(19)24-22)16-11-13-18(14-12-16)26-17-7-3-2-4-8-17/h2-14H,15H2,1H3. The summed E-state index contributed by atoms with van der Waals surface area (Å²) in [7, 11) is 0. The fraction of sp³-hybridized carbons (Fsp3) is 0.0909. The highest BCUT2D eigenvalue weighted by molar-refractivity contribution is 8.13. The zero-order valence-corrected chi connectivity index (χ0v) is 16.1. The van der Waals surface area contributed by atoms with Crippen molar-refractivity contribution in [3.8, 4) is 0 Å². The van der Waals surface area contributed by atoms with Gasteiger partial charge in [0.05, 0.1) is 22.1 Å². The van der Waals surface area contributed by atoms with Crippen molar-refractivity contribution in [2.24, 2.45) is 9.98 Å². The number of para-hydroxylation sites is 2. The average molecular weight is 375 g/mol. The van der Waals surface area contributed by atoms with E-state index in [-0.39, 0.29) is 0 Å². The summed E-state index contributed by atoms with van der Waals surface area (Å²) >= 11 is 3.46. The number of hydrogen-bond donors (Lipinski definition) is 0. The van der Waals surface area contributed by atoms with Crippen LogP contribution in [0.3, 0.4) is 0 Å². The van der Waals surface area contributed by atoms with Gasteiger partial charge in [-0.15, -0.1) is 11.8 Å². The van der Waals surface area contributed by atoms with Crippen molar-refractivity contribution in [2.75, 3.05) is 6.26 Å². The third kappa shape index (κ3) is 3.92. The van der Waals surface area contributed by atoms with Crippen LogP contribution in [-0.2, 0) is 0 Å². The van der Waals surface area contributed by atoms with Crippen LogP contribution < -0.4 is 0 Å². The monoisotopic (exact) mass is 374 g/mol. The Kier molecular flexibility index (Phi) is 5.23. The summed E-state index contributed by atoms with van der Waals surface area (Å²) in [5, 5.41) is 1.09. The van der Waals surface area contributed by atoms with Crippen LogP contribution in [0.1, 0.15) is 12.0 Å². The van der Waals surface area contributed by atoms with E-state index >= 15 is 0 Å². The van der Waals surface area contributed by atoms with E-state index in [0.29, 0.717) is 0 Å². The molecule has 0 fully saturated rings. The largest absolute Gasteiger partial charge is 0.250 e. The highest BCUT2D eigenvalue weighted by Crippen LogP contribution is 2.33. The Balaban J connectivity index is 1.63. The number of aliphatic imine (C=N–C) groups is 2. The molecule has 128 valence electrons. The van der Waals surface area contributed by atoms with Gasteiger partial charge in [0.15, 0.2) is 0 Å². The first kappa shape index (κ1) is 17.1. The zero-order valence-electron chi connectivity index (χ0n) is 14.4. The normalized spacial score (nSPS) is 13.4. The van der Waals surface area contributed by atoms with Gasteiger partial charge in [-0.1, -0.05) is 54.2 Å². The molecule has 0 atom stereocenters. The van der Waals surface area contributed by atoms with E-state index in [2.05, 4.69) is 54.8 Å². The lowest BCUT2D eigenvalue weighted by Crippen LogP contribution is -2.05. The summed E-state index contributed by atoms with van der Waals surface area (Å²) in [5.74, 6) is 0. The minimum absolute atomic E-state index is 0.765. The van der Waals surface area contributed by atoms with Crippen LogP contribution >= 0.6 is 23.5 Å². The van der Waals surface area contributed by atoms with Gasteiger partial charge < -0.3 is 0 Å². The van der Waals surface area contributed by atoms with E-state index in [4.69, 9.17) is 9.98 Å². The minimum Gasteiger partial charge on any atom is -0.250 e. The second kappa shape index (κ2) is 7.94. The quantitative estimate of drug-likeness (QED) is 0.506. The number of benzene rings is 3. The molecule has 0 saturated carbocycles. The highest BCUT2D eigenvalue weighted by atomic mass is 32.2. The van der Waals surface area contributed by atoms with E-state index < -0.39 is 0 Å². The lowest BCUT2D eigenvalue weighted by molar-refractivity contribution is 1.38. The Morgan fingerprint density at radius 2 is 1.31 bits per heavy atom. The molecule has 2 nitrogen and oxygen atoms in total. The minimum atomic E-state index is 0.765. The van der Waals surface area contributed by atoms with Crippen LogP contribution in [0, 0.1) is 0 Å². The van der Waals surface area contributed by atoms with Gasteiger partial charge in [0.2, 0.25) is 0 Å². The molecular formula is C22H18N2S2. The van der Waals surface area contributed by atoms with Crippen molar-refractivity contribution in [3.63, 3.8) is 0 Å². The summed E-state index contributed by atoms with van der Waals surface area (Å²) < 4.78 is 0. The Labute approximate surface area is 162 Å². The van der Waals surface area contributed by atoms with Gasteiger partial charge in [-0.25, -0.2) is 4.99 Å². The zero-order chi connectivity index (χ0) is 17.8. The highest BCUT2D eigenvalue weighted by Gasteiger charge is 2.14. The third-order valence-corrected chi connectivity index (χ3v) is 5.83. The Hall–Kier alpha value is -2.30. The predicted octanol–water partition coefficient (Wildman–Crippen LogP) is 6.76. The molecule has 3 aromatic rings. The summed E-state index contributed by atoms with van der Waals surface area (Å²) in [5.41, 5.74) is 4.11. The van der Waals surface area contributed by atoms with Gasteiger partial charge in [-0.2, -0.15) is 0 Å². The Bertz CT molecular complexity index is 961. The maximum absolute atomic E-state index is 4.90. The van der Waals surface area contributed by atoms with Gasteiger partial charge in [-0.3, -0.25) is 4.99 Å². The van der Waals surface area contributed by atoms with E-state index in [0.717, 1.165) is 34.1 Å². The lowest BCUT2D eigenvalue weighted by atomic mass is 10.1. The lowest BCUT2D eigenvalue weighted by Gasteiger charge is -2.07. The van der Waals surface area contributed by atoms with Crippen molar-refractivity contribution in [2.45, 2.75) is 16.2 Å². The third-order valence-electron chi connectivity index (χ3n) is 4.10. The molecule has 1 aliphatic heterocycles. The summed E-state index contributed by atoms with van der Waals surface area (Å²) in [6, 6.07) is 27.2. The number of thioether (sulfide) groups is 1. The fourth-order valence-electron chi connectivity index (χ4n) is 2.78. The first-order valence-electron chi connectivity index (χ1n) is 8.43. The molecular weight excluding hydrogens is 356 g/mol. The molecule has 1 aliphatic rings. The molecule has 0 amide bonds. The molecule has 0 spiro atoms. The van der Waals surface area contributed by atoms with Crippen molar-refractivity contribution < 1.29 is 0 Å². The molecule has 0 aromatic heterocycles. The van der Waals surface area contributed by atoms with Crippen molar-refractivity contribution >= 4 is 45.7 Å². The van der Waals surface area contributed by atoms with Gasteiger partial charge >= 0.3 is 0 Å². The summed E-state index contributed by atoms with van der Waals surface area (Å²) in [6.07, 6.45) is 2.84.